The fraction of sp³-hybridized carbons (Fsp3) is 0.350. The van der Waals surface area contributed by atoms with Crippen molar-refractivity contribution in [3.05, 3.63) is 65.0 Å². The zero-order valence-corrected chi connectivity index (χ0v) is 15.7. The van der Waals surface area contributed by atoms with Gasteiger partial charge in [-0.1, -0.05) is 12.1 Å². The van der Waals surface area contributed by atoms with Crippen LogP contribution in [-0.4, -0.2) is 49.7 Å². The number of sulfonamides is 1. The summed E-state index contributed by atoms with van der Waals surface area (Å²) < 4.78 is 40.0. The first-order chi connectivity index (χ1) is 12.9. The molecule has 2 aromatic carbocycles. The molecule has 1 aliphatic carbocycles. The summed E-state index contributed by atoms with van der Waals surface area (Å²) in [6, 6.07) is 10.9. The van der Waals surface area contributed by atoms with Crippen LogP contribution < -0.4 is 0 Å². The third kappa shape index (κ3) is 3.49. The zero-order valence-electron chi connectivity index (χ0n) is 14.9. The van der Waals surface area contributed by atoms with Crippen LogP contribution in [-0.2, 0) is 22.9 Å². The van der Waals surface area contributed by atoms with E-state index in [0.29, 0.717) is 18.7 Å². The number of hydrogen-bond acceptors (Lipinski definition) is 3. The molecule has 2 aliphatic rings. The molecule has 0 atom stereocenters. The topological polar surface area (TPSA) is 57.7 Å². The fourth-order valence-electron chi connectivity index (χ4n) is 3.80. The van der Waals surface area contributed by atoms with Gasteiger partial charge < -0.3 is 4.90 Å². The van der Waals surface area contributed by atoms with Gasteiger partial charge in [-0.05, 0) is 60.7 Å². The summed E-state index contributed by atoms with van der Waals surface area (Å²) in [5.74, 6) is -0.644. The SMILES string of the molecule is O=C(c1ccc2c(c1)CCC2)N1CCN(S(=O)(=O)c2cccc(F)c2)CC1. The van der Waals surface area contributed by atoms with Crippen molar-refractivity contribution in [2.24, 2.45) is 0 Å². The van der Waals surface area contributed by atoms with Gasteiger partial charge in [0.15, 0.2) is 0 Å². The summed E-state index contributed by atoms with van der Waals surface area (Å²) >= 11 is 0. The van der Waals surface area contributed by atoms with E-state index >= 15 is 0 Å². The number of carbonyl (C=O) groups excluding carboxylic acids is 1. The maximum absolute atomic E-state index is 13.4. The highest BCUT2D eigenvalue weighted by atomic mass is 32.2. The Balaban J connectivity index is 1.45. The van der Waals surface area contributed by atoms with E-state index in [1.54, 1.807) is 4.90 Å². The normalized spacial score (nSPS) is 17.7. The van der Waals surface area contributed by atoms with Gasteiger partial charge in [0.05, 0.1) is 4.90 Å². The van der Waals surface area contributed by atoms with Crippen LogP contribution in [0, 0.1) is 5.82 Å². The molecule has 0 saturated carbocycles. The first kappa shape index (κ1) is 18.1. The molecule has 7 heteroatoms. The Hall–Kier alpha value is -2.25. The second-order valence-electron chi connectivity index (χ2n) is 6.99. The number of halogens is 1. The maximum atomic E-state index is 13.4. The number of hydrogen-bond donors (Lipinski definition) is 0. The van der Waals surface area contributed by atoms with E-state index in [1.165, 1.54) is 33.6 Å². The van der Waals surface area contributed by atoms with Crippen molar-refractivity contribution in [1.29, 1.82) is 0 Å². The van der Waals surface area contributed by atoms with Crippen LogP contribution in [0.3, 0.4) is 0 Å². The molecule has 27 heavy (non-hydrogen) atoms. The highest BCUT2D eigenvalue weighted by Gasteiger charge is 2.30. The molecule has 142 valence electrons. The van der Waals surface area contributed by atoms with E-state index in [4.69, 9.17) is 0 Å². The van der Waals surface area contributed by atoms with Gasteiger partial charge >= 0.3 is 0 Å². The number of piperazine rings is 1. The van der Waals surface area contributed by atoms with Gasteiger partial charge in [0.25, 0.3) is 5.91 Å². The Kier molecular flexibility index (Phi) is 4.74. The first-order valence-corrected chi connectivity index (χ1v) is 10.6. The minimum absolute atomic E-state index is 0.0547. The Morgan fingerprint density at radius 3 is 2.41 bits per heavy atom. The number of nitrogens with zero attached hydrogens (tertiary/aromatic N) is 2. The van der Waals surface area contributed by atoms with E-state index < -0.39 is 15.8 Å². The van der Waals surface area contributed by atoms with Gasteiger partial charge in [0.2, 0.25) is 10.0 Å². The number of amides is 1. The quantitative estimate of drug-likeness (QED) is 0.812. The molecule has 0 spiro atoms. The van der Waals surface area contributed by atoms with E-state index in [0.717, 1.165) is 25.3 Å². The molecule has 0 bridgehead atoms. The molecule has 1 fully saturated rings. The van der Waals surface area contributed by atoms with Crippen LogP contribution in [0.25, 0.3) is 0 Å². The minimum Gasteiger partial charge on any atom is -0.336 e. The van der Waals surface area contributed by atoms with Crippen molar-refractivity contribution in [1.82, 2.24) is 9.21 Å². The smallest absolute Gasteiger partial charge is 0.253 e. The molecule has 4 rings (SSSR count). The molecule has 1 saturated heterocycles. The fourth-order valence-corrected chi connectivity index (χ4v) is 5.25. The van der Waals surface area contributed by atoms with E-state index in [-0.39, 0.29) is 23.9 Å². The predicted octanol–water partition coefficient (Wildman–Crippen LogP) is 2.46. The lowest BCUT2D eigenvalue weighted by Crippen LogP contribution is -2.50. The number of carbonyl (C=O) groups is 1. The molecular formula is C20H21FN2O3S. The number of benzene rings is 2. The molecule has 2 aromatic rings. The highest BCUT2D eigenvalue weighted by molar-refractivity contribution is 7.89. The van der Waals surface area contributed by atoms with Crippen molar-refractivity contribution >= 4 is 15.9 Å². The van der Waals surface area contributed by atoms with Gasteiger partial charge in [-0.15, -0.1) is 0 Å². The van der Waals surface area contributed by atoms with Gasteiger partial charge in [0, 0.05) is 31.7 Å². The van der Waals surface area contributed by atoms with Crippen molar-refractivity contribution in [2.75, 3.05) is 26.2 Å². The Labute approximate surface area is 158 Å². The summed E-state index contributed by atoms with van der Waals surface area (Å²) in [6.07, 6.45) is 3.21. The number of aryl methyl sites for hydroxylation is 2. The van der Waals surface area contributed by atoms with Crippen molar-refractivity contribution < 1.29 is 17.6 Å². The second kappa shape index (κ2) is 7.05. The molecule has 5 nitrogen and oxygen atoms in total. The standard InChI is InChI=1S/C20H21FN2O3S/c21-18-5-2-6-19(14-18)27(25,26)23-11-9-22(10-12-23)20(24)17-8-7-15-3-1-4-16(15)13-17/h2,5-8,13-14H,1,3-4,9-12H2. The summed E-state index contributed by atoms with van der Waals surface area (Å²) in [4.78, 5) is 14.4. The molecule has 0 N–H and O–H groups in total. The van der Waals surface area contributed by atoms with Crippen molar-refractivity contribution in [2.45, 2.75) is 24.2 Å². The van der Waals surface area contributed by atoms with Gasteiger partial charge in [0.1, 0.15) is 5.82 Å². The van der Waals surface area contributed by atoms with Crippen molar-refractivity contribution in [3.8, 4) is 0 Å². The Bertz CT molecular complexity index is 982. The maximum Gasteiger partial charge on any atom is 0.253 e. The second-order valence-corrected chi connectivity index (χ2v) is 8.93. The van der Waals surface area contributed by atoms with E-state index in [2.05, 4.69) is 0 Å². The molecule has 0 radical (unpaired) electrons. The third-order valence-corrected chi connectivity index (χ3v) is 7.20. The molecule has 0 unspecified atom stereocenters. The average molecular weight is 388 g/mol. The van der Waals surface area contributed by atoms with Crippen LogP contribution in [0.15, 0.2) is 47.4 Å². The number of rotatable bonds is 3. The largest absolute Gasteiger partial charge is 0.336 e. The summed E-state index contributed by atoms with van der Waals surface area (Å²) in [6.45, 7) is 1.06. The Morgan fingerprint density at radius 2 is 1.67 bits per heavy atom. The van der Waals surface area contributed by atoms with Crippen LogP contribution in [0.2, 0.25) is 0 Å². The predicted molar refractivity (Wildman–Crippen MR) is 99.5 cm³/mol. The third-order valence-electron chi connectivity index (χ3n) is 5.31. The highest BCUT2D eigenvalue weighted by Crippen LogP contribution is 2.24. The summed E-state index contributed by atoms with van der Waals surface area (Å²) in [5, 5.41) is 0. The van der Waals surface area contributed by atoms with Gasteiger partial charge in [-0.25, -0.2) is 12.8 Å². The van der Waals surface area contributed by atoms with Gasteiger partial charge in [-0.2, -0.15) is 4.31 Å². The molecule has 1 aliphatic heterocycles. The number of fused-ring (bicyclic) bond motifs is 1. The summed E-state index contributed by atoms with van der Waals surface area (Å²) in [7, 11) is -3.75. The molecule has 1 heterocycles. The van der Waals surface area contributed by atoms with Gasteiger partial charge in [-0.3, -0.25) is 4.79 Å². The van der Waals surface area contributed by atoms with Crippen LogP contribution in [0.1, 0.15) is 27.9 Å². The first-order valence-electron chi connectivity index (χ1n) is 9.12. The molecular weight excluding hydrogens is 367 g/mol. The molecule has 0 aromatic heterocycles. The molecule has 1 amide bonds. The minimum atomic E-state index is -3.75. The van der Waals surface area contributed by atoms with Crippen LogP contribution in [0.4, 0.5) is 4.39 Å². The van der Waals surface area contributed by atoms with E-state index in [9.17, 15) is 17.6 Å². The van der Waals surface area contributed by atoms with Crippen LogP contribution in [0.5, 0.6) is 0 Å². The summed E-state index contributed by atoms with van der Waals surface area (Å²) in [5.41, 5.74) is 3.22. The van der Waals surface area contributed by atoms with Crippen molar-refractivity contribution in [3.63, 3.8) is 0 Å². The van der Waals surface area contributed by atoms with Crippen LogP contribution >= 0.6 is 0 Å². The lowest BCUT2D eigenvalue weighted by atomic mass is 10.1. The van der Waals surface area contributed by atoms with E-state index in [1.807, 2.05) is 18.2 Å². The average Bonchev–Trinajstić information content (AvgIpc) is 3.15. The monoisotopic (exact) mass is 388 g/mol. The zero-order chi connectivity index (χ0) is 19.0. The lowest BCUT2D eigenvalue weighted by Gasteiger charge is -2.34. The lowest BCUT2D eigenvalue weighted by molar-refractivity contribution is 0.0698. The Morgan fingerprint density at radius 1 is 0.926 bits per heavy atom.